The van der Waals surface area contributed by atoms with Crippen LogP contribution >= 0.6 is 11.8 Å². The number of benzene rings is 6. The van der Waals surface area contributed by atoms with E-state index in [9.17, 15) is 0 Å². The van der Waals surface area contributed by atoms with Crippen LogP contribution in [0.15, 0.2) is 169 Å². The number of hydrogen-bond acceptors (Lipinski definition) is 1. The second-order valence-corrected chi connectivity index (χ2v) is 12.4. The third-order valence-corrected chi connectivity index (χ3v) is 9.76. The van der Waals surface area contributed by atoms with Crippen LogP contribution in [0.2, 0.25) is 0 Å². The maximum absolute atomic E-state index is 4.36. The molecule has 0 aliphatic carbocycles. The number of para-hydroxylation sites is 1. The van der Waals surface area contributed by atoms with Gasteiger partial charge in [0, 0.05) is 21.4 Å². The van der Waals surface area contributed by atoms with E-state index in [1.807, 2.05) is 0 Å². The van der Waals surface area contributed by atoms with E-state index in [4.69, 9.17) is 0 Å². The molecule has 6 aromatic carbocycles. The predicted octanol–water partition coefficient (Wildman–Crippen LogP) is 12.3. The highest BCUT2D eigenvalue weighted by Crippen LogP contribution is 2.43. The van der Waals surface area contributed by atoms with Crippen molar-refractivity contribution >= 4 is 39.1 Å². The summed E-state index contributed by atoms with van der Waals surface area (Å²) in [5.74, 6) is 0. The number of hydrogen-bond donors (Lipinski definition) is 0. The van der Waals surface area contributed by atoms with E-state index >= 15 is 0 Å². The van der Waals surface area contributed by atoms with Crippen LogP contribution in [-0.2, 0) is 0 Å². The van der Waals surface area contributed by atoms with E-state index in [-0.39, 0.29) is 0 Å². The van der Waals surface area contributed by atoms with Crippen molar-refractivity contribution in [3.8, 4) is 39.1 Å². The number of rotatable bonds is 4. The van der Waals surface area contributed by atoms with Crippen LogP contribution < -0.4 is 0 Å². The van der Waals surface area contributed by atoms with Crippen molar-refractivity contribution < 1.29 is 0 Å². The van der Waals surface area contributed by atoms with Gasteiger partial charge in [-0.05, 0) is 86.7 Å². The van der Waals surface area contributed by atoms with Gasteiger partial charge in [-0.25, -0.2) is 0 Å². The lowest BCUT2D eigenvalue weighted by Crippen LogP contribution is -1.95. The Balaban J connectivity index is 1.23. The van der Waals surface area contributed by atoms with Crippen LogP contribution in [0.1, 0.15) is 11.1 Å². The first kappa shape index (κ1) is 27.3. The molecule has 1 aromatic heterocycles. The third-order valence-electron chi connectivity index (χ3n) is 8.81. The van der Waals surface area contributed by atoms with Crippen molar-refractivity contribution in [3.05, 3.63) is 175 Å². The van der Waals surface area contributed by atoms with E-state index in [1.54, 1.807) is 11.8 Å². The second-order valence-electron chi connectivity index (χ2n) is 11.5. The molecule has 45 heavy (non-hydrogen) atoms. The van der Waals surface area contributed by atoms with E-state index in [1.165, 1.54) is 71.2 Å². The zero-order chi connectivity index (χ0) is 30.3. The molecule has 0 spiro atoms. The fraction of sp³-hybridized carbons (Fsp3) is 0.0233. The Bertz CT molecular complexity index is 2310. The minimum atomic E-state index is 1.03. The third kappa shape index (κ3) is 4.75. The van der Waals surface area contributed by atoms with Gasteiger partial charge in [-0.15, -0.1) is 0 Å². The molecule has 214 valence electrons. The highest BCUT2D eigenvalue weighted by atomic mass is 32.2. The number of nitrogens with zero attached hydrogens (tertiary/aromatic N) is 1. The Morgan fingerprint density at radius 1 is 0.556 bits per heavy atom. The average molecular weight is 594 g/mol. The molecule has 0 bridgehead atoms. The molecule has 2 heteroatoms. The molecule has 7 aromatic rings. The number of thioether (sulfide) groups is 1. The summed E-state index contributed by atoms with van der Waals surface area (Å²) in [5, 5.41) is 4.69. The molecule has 1 aliphatic heterocycles. The minimum absolute atomic E-state index is 1.03. The van der Waals surface area contributed by atoms with Gasteiger partial charge >= 0.3 is 0 Å². The van der Waals surface area contributed by atoms with Gasteiger partial charge in [0.15, 0.2) is 0 Å². The van der Waals surface area contributed by atoms with Crippen molar-refractivity contribution in [1.82, 2.24) is 4.57 Å². The molecular formula is C43H31NS. The Morgan fingerprint density at radius 2 is 1.29 bits per heavy atom. The number of aryl methyl sites for hydroxylation is 1. The van der Waals surface area contributed by atoms with Crippen LogP contribution in [0, 0.1) is 6.92 Å². The molecule has 0 fully saturated rings. The van der Waals surface area contributed by atoms with Crippen LogP contribution in [0.5, 0.6) is 0 Å². The second kappa shape index (κ2) is 11.3. The van der Waals surface area contributed by atoms with Gasteiger partial charge in [0.05, 0.1) is 11.0 Å². The zero-order valence-electron chi connectivity index (χ0n) is 25.1. The lowest BCUT2D eigenvalue weighted by atomic mass is 9.91. The normalized spacial score (nSPS) is 14.2. The quantitative estimate of drug-likeness (QED) is 0.196. The first-order valence-electron chi connectivity index (χ1n) is 15.3. The number of allylic oxidation sites excluding steroid dienone is 4. The van der Waals surface area contributed by atoms with Crippen molar-refractivity contribution in [1.29, 1.82) is 0 Å². The summed E-state index contributed by atoms with van der Waals surface area (Å²) in [4.78, 5) is 1.26. The molecule has 1 nitrogen and oxygen atoms in total. The van der Waals surface area contributed by atoms with E-state index in [2.05, 4.69) is 175 Å². The average Bonchev–Trinajstić information content (AvgIpc) is 3.42. The van der Waals surface area contributed by atoms with Crippen molar-refractivity contribution in [2.75, 3.05) is 0 Å². The topological polar surface area (TPSA) is 4.93 Å². The molecule has 0 unspecified atom stereocenters. The van der Waals surface area contributed by atoms with Crippen molar-refractivity contribution in [2.24, 2.45) is 0 Å². The van der Waals surface area contributed by atoms with Gasteiger partial charge in [0.1, 0.15) is 0 Å². The molecule has 0 saturated heterocycles. The first-order valence-corrected chi connectivity index (χ1v) is 16.2. The molecular weight excluding hydrogens is 563 g/mol. The summed E-state index contributed by atoms with van der Waals surface area (Å²) in [7, 11) is 0. The van der Waals surface area contributed by atoms with Gasteiger partial charge in [-0.1, -0.05) is 146 Å². The fourth-order valence-electron chi connectivity index (χ4n) is 6.61. The highest BCUT2D eigenvalue weighted by Gasteiger charge is 2.19. The summed E-state index contributed by atoms with van der Waals surface area (Å²) >= 11 is 1.77. The van der Waals surface area contributed by atoms with Gasteiger partial charge in [-0.2, -0.15) is 0 Å². The summed E-state index contributed by atoms with van der Waals surface area (Å²) < 4.78 is 2.41. The summed E-state index contributed by atoms with van der Waals surface area (Å²) in [6, 6.07) is 48.5. The van der Waals surface area contributed by atoms with Gasteiger partial charge < -0.3 is 4.57 Å². The van der Waals surface area contributed by atoms with Crippen molar-refractivity contribution in [2.45, 2.75) is 11.8 Å². The Kier molecular flexibility index (Phi) is 6.85. The maximum Gasteiger partial charge on any atom is 0.0552 e. The largest absolute Gasteiger partial charge is 0.309 e. The smallest absolute Gasteiger partial charge is 0.0552 e. The van der Waals surface area contributed by atoms with E-state index in [0.29, 0.717) is 0 Å². The fourth-order valence-corrected chi connectivity index (χ4v) is 7.57. The lowest BCUT2D eigenvalue weighted by Gasteiger charge is -2.14. The van der Waals surface area contributed by atoms with Crippen LogP contribution in [0.4, 0.5) is 0 Å². The molecule has 1 aliphatic rings. The molecule has 0 N–H and O–H groups in total. The summed E-state index contributed by atoms with van der Waals surface area (Å²) in [6.07, 6.45) is 6.25. The van der Waals surface area contributed by atoms with Crippen LogP contribution in [-0.4, -0.2) is 4.57 Å². The molecule has 0 atom stereocenters. The molecule has 0 saturated carbocycles. The maximum atomic E-state index is 4.36. The molecule has 0 radical (unpaired) electrons. The summed E-state index contributed by atoms with van der Waals surface area (Å²) in [6.45, 7) is 6.54. The Labute approximate surface area is 268 Å². The van der Waals surface area contributed by atoms with E-state index in [0.717, 1.165) is 11.3 Å². The predicted molar refractivity (Wildman–Crippen MR) is 195 cm³/mol. The lowest BCUT2D eigenvalue weighted by molar-refractivity contribution is 1.18. The Hall–Kier alpha value is -5.31. The molecule has 2 heterocycles. The van der Waals surface area contributed by atoms with Gasteiger partial charge in [0.2, 0.25) is 0 Å². The SMILES string of the molecule is C=C1/C=C\C=C/Sc2c1ccc1c2c2ccccc2n1-c1cccc(-c2ccc(-c3ccccc3-c3ccccc3C)cc2)c1. The van der Waals surface area contributed by atoms with E-state index < -0.39 is 0 Å². The number of aromatic nitrogens is 1. The molecule has 8 rings (SSSR count). The Morgan fingerprint density at radius 3 is 2.13 bits per heavy atom. The van der Waals surface area contributed by atoms with Crippen LogP contribution in [0.25, 0.3) is 66.4 Å². The molecule has 0 amide bonds. The number of fused-ring (bicyclic) bond motifs is 5. The first-order chi connectivity index (χ1) is 22.2. The van der Waals surface area contributed by atoms with Gasteiger partial charge in [0.25, 0.3) is 0 Å². The highest BCUT2D eigenvalue weighted by molar-refractivity contribution is 8.02. The minimum Gasteiger partial charge on any atom is -0.309 e. The standard InChI is InChI=1S/C43H31NS/c1-29-12-3-4-16-35(29)38-18-6-5-17-37(38)32-23-21-31(22-24-32)33-14-11-15-34(28-33)44-40-20-8-7-19-39(40)42-41(44)26-25-36-30(2)13-9-10-27-45-43(36)42/h3-28H,2H2,1H3/b13-9-,27-10-. The zero-order valence-corrected chi connectivity index (χ0v) is 25.9. The van der Waals surface area contributed by atoms with Crippen molar-refractivity contribution in [3.63, 3.8) is 0 Å². The summed E-state index contributed by atoms with van der Waals surface area (Å²) in [5.41, 5.74) is 14.5. The van der Waals surface area contributed by atoms with Crippen LogP contribution in [0.3, 0.4) is 0 Å². The van der Waals surface area contributed by atoms with Gasteiger partial charge in [-0.3, -0.25) is 0 Å². The monoisotopic (exact) mass is 593 g/mol.